The van der Waals surface area contributed by atoms with Crippen molar-refractivity contribution >= 4 is 59.8 Å². The largest absolute Gasteiger partial charge is 0.361 e. The first-order valence-electron chi connectivity index (χ1n) is 16.0. The third-order valence-electron chi connectivity index (χ3n) is 8.38. The fourth-order valence-corrected chi connectivity index (χ4v) is 8.80. The molecule has 0 saturated carbocycles. The van der Waals surface area contributed by atoms with Gasteiger partial charge in [-0.3, -0.25) is 8.61 Å². The molecule has 4 aromatic rings. The van der Waals surface area contributed by atoms with Crippen LogP contribution >= 0.6 is 0 Å². The molecule has 1 aliphatic heterocycles. The molecule has 2 aromatic carbocycles. The minimum absolute atomic E-state index is 0.411. The average molecular weight is 671 g/mol. The van der Waals surface area contributed by atoms with Gasteiger partial charge in [0.2, 0.25) is 0 Å². The summed E-state index contributed by atoms with van der Waals surface area (Å²) in [4.78, 5) is 9.53. The molecule has 0 spiro atoms. The number of aromatic nitrogens is 4. The quantitative estimate of drug-likeness (QED) is 0.119. The Morgan fingerprint density at radius 1 is 0.689 bits per heavy atom. The Balaban J connectivity index is 1.37. The molecule has 0 radical (unpaired) electrons. The number of aryl methyl sites for hydroxylation is 2. The molecule has 0 N–H and O–H groups in total. The second kappa shape index (κ2) is 13.2. The zero-order valence-electron chi connectivity index (χ0n) is 28.3. The third-order valence-corrected chi connectivity index (χ3v) is 13.7. The molecule has 10 nitrogen and oxygen atoms in total. The smallest absolute Gasteiger partial charge is 0.326 e. The highest BCUT2D eigenvalue weighted by molar-refractivity contribution is 7.94. The molecular weight excluding hydrogens is 621 g/mol. The maximum Gasteiger partial charge on any atom is 0.326 e. The van der Waals surface area contributed by atoms with E-state index in [9.17, 15) is 8.42 Å². The first kappa shape index (κ1) is 33.6. The van der Waals surface area contributed by atoms with Gasteiger partial charge in [0.1, 0.15) is 25.1 Å². The van der Waals surface area contributed by atoms with Gasteiger partial charge >= 0.3 is 10.2 Å². The van der Waals surface area contributed by atoms with Gasteiger partial charge in [-0.15, -0.1) is 0 Å². The summed E-state index contributed by atoms with van der Waals surface area (Å²) in [6.07, 6.45) is 1.52. The van der Waals surface area contributed by atoms with Crippen LogP contribution < -0.4 is 8.61 Å². The Kier molecular flexibility index (Phi) is 9.86. The van der Waals surface area contributed by atoms with Crippen LogP contribution in [0.2, 0.25) is 51.4 Å². The number of anilines is 2. The van der Waals surface area contributed by atoms with Crippen LogP contribution in [0.25, 0.3) is 22.1 Å². The second-order valence-corrected chi connectivity index (χ2v) is 27.6. The van der Waals surface area contributed by atoms with Gasteiger partial charge in [0, 0.05) is 42.5 Å². The Morgan fingerprint density at radius 2 is 1.09 bits per heavy atom. The molecule has 3 heterocycles. The number of benzene rings is 2. The van der Waals surface area contributed by atoms with Crippen LogP contribution in [0, 0.1) is 13.8 Å². The number of imidazole rings is 2. The fraction of sp³-hybridized carbons (Fsp3) is 0.562. The summed E-state index contributed by atoms with van der Waals surface area (Å²) in [5, 5.41) is 0. The molecule has 13 heteroatoms. The van der Waals surface area contributed by atoms with E-state index in [-0.39, 0.29) is 0 Å². The topological polar surface area (TPSA) is 94.7 Å². The molecule has 0 bridgehead atoms. The van der Waals surface area contributed by atoms with E-state index in [0.29, 0.717) is 37.9 Å². The Hall–Kier alpha value is -2.72. The predicted octanol–water partition coefficient (Wildman–Crippen LogP) is 6.98. The Bertz CT molecular complexity index is 1640. The summed E-state index contributed by atoms with van der Waals surface area (Å²) in [6.45, 7) is 21.1. The van der Waals surface area contributed by atoms with Gasteiger partial charge in [-0.1, -0.05) is 39.3 Å². The maximum absolute atomic E-state index is 14.2. The summed E-state index contributed by atoms with van der Waals surface area (Å²) < 4.78 is 47.6. The maximum atomic E-state index is 14.2. The highest BCUT2D eigenvalue weighted by Gasteiger charge is 2.33. The van der Waals surface area contributed by atoms with Gasteiger partial charge in [-0.05, 0) is 75.2 Å². The standard InChI is InChI=1S/C32H50N6O4SSi2/c1-25-33-29-21-27(11-13-31(29)35(25)23-41-17-19-44(3,4)5)37-15-9-10-16-38(43(37,39)40)28-12-14-32-30(22-28)34-26(2)36(32)24-42-18-20-45(6,7)8/h11-14,21-22H,9-10,15-20,23-24H2,1-8H3. The first-order valence-corrected chi connectivity index (χ1v) is 24.8. The van der Waals surface area contributed by atoms with Gasteiger partial charge in [0.05, 0.1) is 33.4 Å². The highest BCUT2D eigenvalue weighted by atomic mass is 32.2. The molecule has 246 valence electrons. The van der Waals surface area contributed by atoms with Crippen LogP contribution in [0.1, 0.15) is 24.5 Å². The van der Waals surface area contributed by atoms with Crippen LogP contribution in [0.15, 0.2) is 36.4 Å². The predicted molar refractivity (Wildman–Crippen MR) is 190 cm³/mol. The number of hydrogen-bond acceptors (Lipinski definition) is 6. The SMILES string of the molecule is Cc1nc2cc(N3CCCCN(c4ccc5c(c4)nc(C)n5COCC[Si](C)(C)C)S3(=O)=O)ccc2n1COCC[Si](C)(C)C. The Morgan fingerprint density at radius 3 is 1.47 bits per heavy atom. The van der Waals surface area contributed by atoms with Crippen LogP contribution in [0.3, 0.4) is 0 Å². The van der Waals surface area contributed by atoms with E-state index in [0.717, 1.165) is 71.9 Å². The van der Waals surface area contributed by atoms with E-state index in [1.54, 1.807) is 0 Å². The van der Waals surface area contributed by atoms with Crippen molar-refractivity contribution < 1.29 is 17.9 Å². The number of hydrogen-bond donors (Lipinski definition) is 0. The van der Waals surface area contributed by atoms with Crippen molar-refractivity contribution in [3.8, 4) is 0 Å². The lowest BCUT2D eigenvalue weighted by molar-refractivity contribution is 0.0884. The molecule has 0 unspecified atom stereocenters. The molecule has 0 atom stereocenters. The van der Waals surface area contributed by atoms with E-state index in [1.165, 1.54) is 8.61 Å². The molecule has 1 aliphatic rings. The summed E-state index contributed by atoms with van der Waals surface area (Å²) in [5.41, 5.74) is 4.65. The van der Waals surface area contributed by atoms with Crippen molar-refractivity contribution in [3.05, 3.63) is 48.0 Å². The minimum Gasteiger partial charge on any atom is -0.361 e. The van der Waals surface area contributed by atoms with E-state index in [4.69, 9.17) is 19.4 Å². The van der Waals surface area contributed by atoms with Crippen molar-refractivity contribution in [3.63, 3.8) is 0 Å². The second-order valence-electron chi connectivity index (χ2n) is 14.6. The van der Waals surface area contributed by atoms with Crippen molar-refractivity contribution in [1.29, 1.82) is 0 Å². The number of ether oxygens (including phenoxy) is 2. The lowest BCUT2D eigenvalue weighted by Crippen LogP contribution is -2.42. The molecule has 2 aromatic heterocycles. The van der Waals surface area contributed by atoms with Crippen molar-refractivity contribution in [2.24, 2.45) is 0 Å². The van der Waals surface area contributed by atoms with Crippen molar-refractivity contribution in [2.75, 3.05) is 34.9 Å². The molecular formula is C32H50N6O4SSi2. The minimum atomic E-state index is -3.86. The van der Waals surface area contributed by atoms with Gasteiger partial charge in [-0.25, -0.2) is 9.97 Å². The zero-order valence-corrected chi connectivity index (χ0v) is 31.1. The van der Waals surface area contributed by atoms with Crippen molar-refractivity contribution in [2.45, 2.75) is 91.5 Å². The van der Waals surface area contributed by atoms with E-state index >= 15 is 0 Å². The first-order chi connectivity index (χ1) is 21.1. The third kappa shape index (κ3) is 7.82. The summed E-state index contributed by atoms with van der Waals surface area (Å²) in [6, 6.07) is 13.7. The van der Waals surface area contributed by atoms with Crippen LogP contribution in [0.5, 0.6) is 0 Å². The van der Waals surface area contributed by atoms with Gasteiger partial charge in [-0.2, -0.15) is 8.42 Å². The molecule has 0 amide bonds. The van der Waals surface area contributed by atoms with E-state index in [1.807, 2.05) is 50.2 Å². The zero-order chi connectivity index (χ0) is 32.6. The van der Waals surface area contributed by atoms with E-state index < -0.39 is 26.4 Å². The normalized spacial score (nSPS) is 16.2. The van der Waals surface area contributed by atoms with Crippen LogP contribution in [-0.2, 0) is 33.1 Å². The fourth-order valence-electron chi connectivity index (χ4n) is 5.57. The van der Waals surface area contributed by atoms with Crippen LogP contribution in [0.4, 0.5) is 11.4 Å². The summed E-state index contributed by atoms with van der Waals surface area (Å²) in [7, 11) is -6.20. The lowest BCUT2D eigenvalue weighted by atomic mass is 10.2. The summed E-state index contributed by atoms with van der Waals surface area (Å²) in [5.74, 6) is 1.69. The molecule has 1 fully saturated rings. The number of rotatable bonds is 12. The van der Waals surface area contributed by atoms with Gasteiger partial charge in [0.25, 0.3) is 0 Å². The lowest BCUT2D eigenvalue weighted by Gasteiger charge is -2.29. The van der Waals surface area contributed by atoms with E-state index in [2.05, 4.69) is 48.4 Å². The number of nitrogens with zero attached hydrogens (tertiary/aromatic N) is 6. The highest BCUT2D eigenvalue weighted by Crippen LogP contribution is 2.32. The monoisotopic (exact) mass is 670 g/mol. The molecule has 0 aliphatic carbocycles. The van der Waals surface area contributed by atoms with Gasteiger partial charge in [0.15, 0.2) is 0 Å². The average Bonchev–Trinajstić information content (AvgIpc) is 3.36. The molecule has 5 rings (SSSR count). The molecule has 1 saturated heterocycles. The Labute approximate surface area is 270 Å². The van der Waals surface area contributed by atoms with Gasteiger partial charge < -0.3 is 18.6 Å². The molecule has 45 heavy (non-hydrogen) atoms. The summed E-state index contributed by atoms with van der Waals surface area (Å²) >= 11 is 0. The van der Waals surface area contributed by atoms with Crippen molar-refractivity contribution in [1.82, 2.24) is 19.1 Å². The number of fused-ring (bicyclic) bond motifs is 2. The van der Waals surface area contributed by atoms with Crippen LogP contribution in [-0.4, -0.2) is 70.0 Å².